The number of nitrogens with zero attached hydrogens (tertiary/aromatic N) is 1. The molecule has 0 saturated carbocycles. The first-order chi connectivity index (χ1) is 11.2. The van der Waals surface area contributed by atoms with Gasteiger partial charge < -0.3 is 21.1 Å². The molecule has 2 fully saturated rings. The van der Waals surface area contributed by atoms with Gasteiger partial charge in [-0.2, -0.15) is 0 Å². The van der Waals surface area contributed by atoms with E-state index in [-0.39, 0.29) is 29.8 Å². The summed E-state index contributed by atoms with van der Waals surface area (Å²) in [5.74, 6) is 0.985. The highest BCUT2D eigenvalue weighted by molar-refractivity contribution is 8.00. The van der Waals surface area contributed by atoms with Gasteiger partial charge in [-0.15, -0.1) is 11.8 Å². The van der Waals surface area contributed by atoms with Crippen LogP contribution in [0.3, 0.4) is 0 Å². The van der Waals surface area contributed by atoms with Crippen LogP contribution in [0.1, 0.15) is 30.1 Å². The molecule has 6 heteroatoms. The summed E-state index contributed by atoms with van der Waals surface area (Å²) < 4.78 is 0. The van der Waals surface area contributed by atoms with Gasteiger partial charge in [0.2, 0.25) is 5.91 Å². The molecule has 0 radical (unpaired) electrons. The van der Waals surface area contributed by atoms with Crippen LogP contribution in [0.15, 0.2) is 24.3 Å². The van der Waals surface area contributed by atoms with Gasteiger partial charge in [0, 0.05) is 24.8 Å². The van der Waals surface area contributed by atoms with E-state index in [4.69, 9.17) is 5.73 Å². The van der Waals surface area contributed by atoms with Crippen molar-refractivity contribution in [3.05, 3.63) is 29.8 Å². The van der Waals surface area contributed by atoms with E-state index >= 15 is 0 Å². The van der Waals surface area contributed by atoms with Crippen LogP contribution in [0.4, 0.5) is 5.69 Å². The predicted molar refractivity (Wildman–Crippen MR) is 94.7 cm³/mol. The van der Waals surface area contributed by atoms with Crippen LogP contribution in [0.25, 0.3) is 0 Å². The Morgan fingerprint density at radius 2 is 2.26 bits per heavy atom. The largest absolute Gasteiger partial charge is 0.394 e. The number of nitrogens with two attached hydrogens (primary N) is 1. The second-order valence-corrected chi connectivity index (χ2v) is 7.46. The smallest absolute Gasteiger partial charge is 0.237 e. The minimum atomic E-state index is -0.179. The number of nitrogens with one attached hydrogen (secondary N) is 1. The molecular weight excluding hydrogens is 310 g/mol. The van der Waals surface area contributed by atoms with Crippen molar-refractivity contribution in [2.45, 2.75) is 36.6 Å². The van der Waals surface area contributed by atoms with Crippen molar-refractivity contribution in [3.63, 3.8) is 0 Å². The number of thioether (sulfide) groups is 1. The normalized spacial score (nSPS) is 28.5. The second-order valence-electron chi connectivity index (χ2n) is 6.25. The monoisotopic (exact) mass is 335 g/mol. The van der Waals surface area contributed by atoms with Crippen molar-refractivity contribution < 1.29 is 9.90 Å². The molecule has 23 heavy (non-hydrogen) atoms. The number of rotatable bonds is 4. The van der Waals surface area contributed by atoms with Gasteiger partial charge in [0.1, 0.15) is 5.25 Å². The van der Waals surface area contributed by atoms with E-state index in [1.807, 2.05) is 12.1 Å². The number of anilines is 1. The summed E-state index contributed by atoms with van der Waals surface area (Å²) in [6.45, 7) is 1.64. The maximum atomic E-state index is 12.5. The molecule has 126 valence electrons. The summed E-state index contributed by atoms with van der Waals surface area (Å²) >= 11 is 1.69. The zero-order valence-corrected chi connectivity index (χ0v) is 14.1. The summed E-state index contributed by atoms with van der Waals surface area (Å²) in [4.78, 5) is 14.8. The molecule has 1 aromatic rings. The third kappa shape index (κ3) is 3.65. The van der Waals surface area contributed by atoms with Crippen LogP contribution in [-0.2, 0) is 4.79 Å². The zero-order valence-electron chi connectivity index (χ0n) is 13.3. The summed E-state index contributed by atoms with van der Waals surface area (Å²) in [7, 11) is 0. The number of aliphatic hydroxyl groups is 1. The summed E-state index contributed by atoms with van der Waals surface area (Å²) in [6.07, 6.45) is 3.05. The number of hydrogen-bond acceptors (Lipinski definition) is 5. The Labute approximate surface area is 141 Å². The summed E-state index contributed by atoms with van der Waals surface area (Å²) in [5, 5.41) is 12.4. The lowest BCUT2D eigenvalue weighted by molar-refractivity contribution is -0.121. The second kappa shape index (κ2) is 7.55. The van der Waals surface area contributed by atoms with Crippen LogP contribution in [0.2, 0.25) is 0 Å². The Kier molecular flexibility index (Phi) is 5.46. The van der Waals surface area contributed by atoms with E-state index in [9.17, 15) is 9.90 Å². The number of amides is 1. The van der Waals surface area contributed by atoms with E-state index in [1.54, 1.807) is 11.8 Å². The fraction of sp³-hybridized carbons (Fsp3) is 0.588. The Bertz CT molecular complexity index is 554. The lowest BCUT2D eigenvalue weighted by atomic mass is 10.1. The minimum absolute atomic E-state index is 0.0558. The van der Waals surface area contributed by atoms with E-state index in [2.05, 4.69) is 22.3 Å². The lowest BCUT2D eigenvalue weighted by Crippen LogP contribution is -2.40. The molecule has 5 nitrogen and oxygen atoms in total. The maximum Gasteiger partial charge on any atom is 0.237 e. The summed E-state index contributed by atoms with van der Waals surface area (Å²) in [6, 6.07) is 8.49. The average Bonchev–Trinajstić information content (AvgIpc) is 2.98. The van der Waals surface area contributed by atoms with Crippen molar-refractivity contribution in [1.29, 1.82) is 0 Å². The molecule has 0 aliphatic carbocycles. The van der Waals surface area contributed by atoms with Crippen molar-refractivity contribution in [2.75, 3.05) is 30.3 Å². The SMILES string of the molecule is NC[C@@H]1CCS[C@H](c2cccc(N3CCC[C@H]3CO)c2)C(=O)N1. The fourth-order valence-electron chi connectivity index (χ4n) is 3.41. The van der Waals surface area contributed by atoms with E-state index < -0.39 is 0 Å². The molecule has 2 saturated heterocycles. The Morgan fingerprint density at radius 1 is 1.39 bits per heavy atom. The van der Waals surface area contributed by atoms with Gasteiger partial charge in [0.25, 0.3) is 0 Å². The first-order valence-electron chi connectivity index (χ1n) is 8.32. The molecular formula is C17H25N3O2S. The predicted octanol–water partition coefficient (Wildman–Crippen LogP) is 1.27. The fourth-order valence-corrected chi connectivity index (χ4v) is 4.62. The van der Waals surface area contributed by atoms with Gasteiger partial charge in [-0.25, -0.2) is 0 Å². The van der Waals surface area contributed by atoms with Crippen LogP contribution in [0, 0.1) is 0 Å². The number of aliphatic hydroxyl groups excluding tert-OH is 1. The van der Waals surface area contributed by atoms with E-state index in [1.165, 1.54) is 0 Å². The molecule has 0 spiro atoms. The van der Waals surface area contributed by atoms with E-state index in [0.29, 0.717) is 6.54 Å². The molecule has 4 N–H and O–H groups in total. The van der Waals surface area contributed by atoms with Crippen LogP contribution in [-0.4, -0.2) is 48.5 Å². The Balaban J connectivity index is 1.80. The highest BCUT2D eigenvalue weighted by atomic mass is 32.2. The van der Waals surface area contributed by atoms with Crippen molar-refractivity contribution in [3.8, 4) is 0 Å². The van der Waals surface area contributed by atoms with Crippen LogP contribution >= 0.6 is 11.8 Å². The minimum Gasteiger partial charge on any atom is -0.394 e. The van der Waals surface area contributed by atoms with Crippen LogP contribution in [0.5, 0.6) is 0 Å². The molecule has 3 rings (SSSR count). The van der Waals surface area contributed by atoms with E-state index in [0.717, 1.165) is 42.8 Å². The highest BCUT2D eigenvalue weighted by Gasteiger charge is 2.28. The molecule has 1 aromatic carbocycles. The lowest BCUT2D eigenvalue weighted by Gasteiger charge is -2.26. The molecule has 3 atom stereocenters. The zero-order chi connectivity index (χ0) is 16.2. The highest BCUT2D eigenvalue weighted by Crippen LogP contribution is 2.35. The third-order valence-electron chi connectivity index (χ3n) is 4.71. The molecule has 0 aromatic heterocycles. The topological polar surface area (TPSA) is 78.6 Å². The molecule has 0 unspecified atom stereocenters. The Hall–Kier alpha value is -1.24. The van der Waals surface area contributed by atoms with Gasteiger partial charge in [-0.05, 0) is 42.7 Å². The van der Waals surface area contributed by atoms with Gasteiger partial charge in [-0.3, -0.25) is 4.79 Å². The van der Waals surface area contributed by atoms with Gasteiger partial charge in [0.05, 0.1) is 12.6 Å². The molecule has 2 aliphatic heterocycles. The molecule has 0 bridgehead atoms. The first kappa shape index (κ1) is 16.6. The Morgan fingerprint density at radius 3 is 3.04 bits per heavy atom. The quantitative estimate of drug-likeness (QED) is 0.772. The average molecular weight is 335 g/mol. The molecule has 2 heterocycles. The number of benzene rings is 1. The van der Waals surface area contributed by atoms with Crippen molar-refractivity contribution in [1.82, 2.24) is 5.32 Å². The molecule has 1 amide bonds. The van der Waals surface area contributed by atoms with Gasteiger partial charge >= 0.3 is 0 Å². The number of hydrogen-bond donors (Lipinski definition) is 3. The standard InChI is InChI=1S/C17H25N3O2S/c18-10-13-6-8-23-16(17(22)19-13)12-3-1-4-14(9-12)20-7-2-5-15(20)11-21/h1,3-4,9,13,15-16,21H,2,5-8,10-11,18H2,(H,19,22)/t13-,15-,16+/m0/s1. The van der Waals surface area contributed by atoms with Gasteiger partial charge in [-0.1, -0.05) is 12.1 Å². The number of carbonyl (C=O) groups excluding carboxylic acids is 1. The summed E-state index contributed by atoms with van der Waals surface area (Å²) in [5.41, 5.74) is 7.84. The van der Waals surface area contributed by atoms with Crippen LogP contribution < -0.4 is 16.0 Å². The van der Waals surface area contributed by atoms with Crippen molar-refractivity contribution in [2.24, 2.45) is 5.73 Å². The number of carbonyl (C=O) groups is 1. The molecule has 2 aliphatic rings. The third-order valence-corrected chi connectivity index (χ3v) is 6.00. The first-order valence-corrected chi connectivity index (χ1v) is 9.37. The van der Waals surface area contributed by atoms with Gasteiger partial charge in [0.15, 0.2) is 0 Å². The van der Waals surface area contributed by atoms with Crippen molar-refractivity contribution >= 4 is 23.4 Å². The maximum absolute atomic E-state index is 12.5.